The summed E-state index contributed by atoms with van der Waals surface area (Å²) < 4.78 is 5.31. The molecule has 110 valence electrons. The minimum atomic E-state index is -0.527. The molecule has 1 fully saturated rings. The number of azide groups is 1. The third kappa shape index (κ3) is 7.38. The Bertz CT molecular complexity index is 276. The molecule has 0 amide bonds. The molecule has 6 nitrogen and oxygen atoms in total. The lowest BCUT2D eigenvalue weighted by Gasteiger charge is -2.24. The standard InChI is InChI=1S/C13H25N3O3/c14-16-15-12(9-17)10-19-7-6-13(18)8-11-4-2-1-3-5-11/h11-13,17-18H,1-10H2. The second-order valence-corrected chi connectivity index (χ2v) is 5.30. The molecule has 0 bridgehead atoms. The zero-order chi connectivity index (χ0) is 13.9. The molecular formula is C13H25N3O3. The fraction of sp³-hybridized carbons (Fsp3) is 1.00. The molecule has 0 aromatic carbocycles. The fourth-order valence-electron chi connectivity index (χ4n) is 2.56. The van der Waals surface area contributed by atoms with Gasteiger partial charge in [0.1, 0.15) is 0 Å². The average molecular weight is 271 g/mol. The maximum Gasteiger partial charge on any atom is 0.0838 e. The van der Waals surface area contributed by atoms with Crippen LogP contribution in [-0.4, -0.2) is 42.2 Å². The van der Waals surface area contributed by atoms with Crippen LogP contribution in [0.4, 0.5) is 0 Å². The molecule has 1 saturated carbocycles. The van der Waals surface area contributed by atoms with Gasteiger partial charge in [-0.15, -0.1) is 0 Å². The van der Waals surface area contributed by atoms with Gasteiger partial charge in [-0.05, 0) is 24.3 Å². The van der Waals surface area contributed by atoms with Crippen LogP contribution in [-0.2, 0) is 4.74 Å². The van der Waals surface area contributed by atoms with E-state index in [1.807, 2.05) is 0 Å². The van der Waals surface area contributed by atoms with Crippen molar-refractivity contribution in [3.8, 4) is 0 Å². The van der Waals surface area contributed by atoms with Gasteiger partial charge in [0.25, 0.3) is 0 Å². The first-order valence-electron chi connectivity index (χ1n) is 7.17. The second kappa shape index (κ2) is 10.0. The normalized spacial score (nSPS) is 19.7. The zero-order valence-corrected chi connectivity index (χ0v) is 11.4. The monoisotopic (exact) mass is 271 g/mol. The molecule has 0 spiro atoms. The number of hydrogen-bond donors (Lipinski definition) is 2. The van der Waals surface area contributed by atoms with Crippen LogP contribution in [0, 0.1) is 5.92 Å². The van der Waals surface area contributed by atoms with E-state index in [4.69, 9.17) is 15.4 Å². The Hall–Kier alpha value is -0.810. The quantitative estimate of drug-likeness (QED) is 0.291. The van der Waals surface area contributed by atoms with Crippen LogP contribution in [0.2, 0.25) is 0 Å². The Kier molecular flexibility index (Phi) is 8.58. The van der Waals surface area contributed by atoms with Crippen LogP contribution >= 0.6 is 0 Å². The highest BCUT2D eigenvalue weighted by Crippen LogP contribution is 2.27. The predicted octanol–water partition coefficient (Wildman–Crippen LogP) is 2.40. The summed E-state index contributed by atoms with van der Waals surface area (Å²) in [7, 11) is 0. The van der Waals surface area contributed by atoms with Gasteiger partial charge in [0.05, 0.1) is 25.4 Å². The molecule has 1 aliphatic rings. The molecule has 0 aromatic heterocycles. The Morgan fingerprint density at radius 1 is 1.32 bits per heavy atom. The van der Waals surface area contributed by atoms with Crippen LogP contribution in [0.3, 0.4) is 0 Å². The number of nitrogens with zero attached hydrogens (tertiary/aromatic N) is 3. The highest BCUT2D eigenvalue weighted by Gasteiger charge is 2.17. The van der Waals surface area contributed by atoms with Crippen molar-refractivity contribution in [1.29, 1.82) is 0 Å². The Morgan fingerprint density at radius 3 is 2.68 bits per heavy atom. The molecular weight excluding hydrogens is 246 g/mol. The van der Waals surface area contributed by atoms with Crippen molar-refractivity contribution in [3.05, 3.63) is 10.4 Å². The smallest absolute Gasteiger partial charge is 0.0838 e. The fourth-order valence-corrected chi connectivity index (χ4v) is 2.56. The van der Waals surface area contributed by atoms with E-state index in [2.05, 4.69) is 10.0 Å². The zero-order valence-electron chi connectivity index (χ0n) is 11.4. The molecule has 0 aromatic rings. The van der Waals surface area contributed by atoms with E-state index in [1.54, 1.807) is 0 Å². The van der Waals surface area contributed by atoms with E-state index in [9.17, 15) is 5.11 Å². The Labute approximate surface area is 114 Å². The van der Waals surface area contributed by atoms with Gasteiger partial charge in [-0.2, -0.15) is 0 Å². The van der Waals surface area contributed by atoms with Crippen molar-refractivity contribution in [3.63, 3.8) is 0 Å². The molecule has 2 unspecified atom stereocenters. The summed E-state index contributed by atoms with van der Waals surface area (Å²) in [6, 6.07) is -0.527. The molecule has 0 heterocycles. The maximum atomic E-state index is 9.92. The summed E-state index contributed by atoms with van der Waals surface area (Å²) in [5.41, 5.74) is 8.25. The van der Waals surface area contributed by atoms with E-state index < -0.39 is 6.04 Å². The molecule has 19 heavy (non-hydrogen) atoms. The number of rotatable bonds is 9. The van der Waals surface area contributed by atoms with Crippen molar-refractivity contribution in [1.82, 2.24) is 0 Å². The van der Waals surface area contributed by atoms with E-state index in [1.165, 1.54) is 32.1 Å². The number of aliphatic hydroxyl groups is 2. The summed E-state index contributed by atoms with van der Waals surface area (Å²) in [4.78, 5) is 2.63. The van der Waals surface area contributed by atoms with Crippen LogP contribution in [0.5, 0.6) is 0 Å². The SMILES string of the molecule is [N-]=[N+]=NC(CO)COCCC(O)CC1CCCCC1. The lowest BCUT2D eigenvalue weighted by Crippen LogP contribution is -2.21. The van der Waals surface area contributed by atoms with Crippen molar-refractivity contribution >= 4 is 0 Å². The Morgan fingerprint density at radius 2 is 2.05 bits per heavy atom. The van der Waals surface area contributed by atoms with Crippen molar-refractivity contribution in [2.24, 2.45) is 11.0 Å². The summed E-state index contributed by atoms with van der Waals surface area (Å²) in [6.45, 7) is 0.427. The largest absolute Gasteiger partial charge is 0.396 e. The molecule has 2 atom stereocenters. The van der Waals surface area contributed by atoms with Gasteiger partial charge in [0.2, 0.25) is 0 Å². The first-order valence-corrected chi connectivity index (χ1v) is 7.17. The van der Waals surface area contributed by atoms with Gasteiger partial charge in [-0.25, -0.2) is 0 Å². The predicted molar refractivity (Wildman–Crippen MR) is 72.7 cm³/mol. The van der Waals surface area contributed by atoms with Crippen LogP contribution in [0.25, 0.3) is 10.4 Å². The molecule has 0 aliphatic heterocycles. The number of hydrogen-bond acceptors (Lipinski definition) is 4. The van der Waals surface area contributed by atoms with Gasteiger partial charge in [0.15, 0.2) is 0 Å². The second-order valence-electron chi connectivity index (χ2n) is 5.30. The Balaban J connectivity index is 2.05. The average Bonchev–Trinajstić information content (AvgIpc) is 2.43. The molecule has 2 N–H and O–H groups in total. The highest BCUT2D eigenvalue weighted by atomic mass is 16.5. The lowest BCUT2D eigenvalue weighted by atomic mass is 9.85. The topological polar surface area (TPSA) is 98.5 Å². The summed E-state index contributed by atoms with van der Waals surface area (Å²) in [5, 5.41) is 22.2. The molecule has 1 aliphatic carbocycles. The first-order chi connectivity index (χ1) is 9.26. The van der Waals surface area contributed by atoms with Crippen LogP contribution < -0.4 is 0 Å². The van der Waals surface area contributed by atoms with Gasteiger partial charge in [0, 0.05) is 11.5 Å². The molecule has 0 saturated heterocycles. The minimum Gasteiger partial charge on any atom is -0.396 e. The van der Waals surface area contributed by atoms with Gasteiger partial charge < -0.3 is 14.9 Å². The van der Waals surface area contributed by atoms with Crippen LogP contribution in [0.1, 0.15) is 44.9 Å². The summed E-state index contributed by atoms with van der Waals surface area (Å²) in [6.07, 6.45) is 7.54. The number of ether oxygens (including phenoxy) is 1. The number of aliphatic hydroxyl groups excluding tert-OH is 2. The maximum absolute atomic E-state index is 9.92. The van der Waals surface area contributed by atoms with E-state index >= 15 is 0 Å². The van der Waals surface area contributed by atoms with Gasteiger partial charge in [-0.1, -0.05) is 37.2 Å². The molecule has 6 heteroatoms. The van der Waals surface area contributed by atoms with Crippen LogP contribution in [0.15, 0.2) is 5.11 Å². The third-order valence-electron chi connectivity index (χ3n) is 3.66. The molecule has 1 rings (SSSR count). The van der Waals surface area contributed by atoms with Gasteiger partial charge in [-0.3, -0.25) is 0 Å². The highest BCUT2D eigenvalue weighted by molar-refractivity contribution is 4.70. The summed E-state index contributed by atoms with van der Waals surface area (Å²) >= 11 is 0. The van der Waals surface area contributed by atoms with Crippen molar-refractivity contribution in [2.45, 2.75) is 57.1 Å². The van der Waals surface area contributed by atoms with E-state index in [0.717, 1.165) is 6.42 Å². The van der Waals surface area contributed by atoms with Crippen molar-refractivity contribution < 1.29 is 14.9 Å². The van der Waals surface area contributed by atoms with E-state index in [-0.39, 0.29) is 19.3 Å². The third-order valence-corrected chi connectivity index (χ3v) is 3.66. The molecule has 0 radical (unpaired) electrons. The summed E-state index contributed by atoms with van der Waals surface area (Å²) in [5.74, 6) is 0.664. The lowest BCUT2D eigenvalue weighted by molar-refractivity contribution is 0.0544. The van der Waals surface area contributed by atoms with Gasteiger partial charge >= 0.3 is 0 Å². The minimum absolute atomic E-state index is 0.205. The van der Waals surface area contributed by atoms with Crippen molar-refractivity contribution in [2.75, 3.05) is 19.8 Å². The first kappa shape index (κ1) is 16.2. The van der Waals surface area contributed by atoms with E-state index in [0.29, 0.717) is 18.9 Å².